The number of H-pyrrole nitrogens is 1. The predicted molar refractivity (Wildman–Crippen MR) is 215 cm³/mol. The van der Waals surface area contributed by atoms with Crippen molar-refractivity contribution in [1.82, 2.24) is 20.9 Å². The van der Waals surface area contributed by atoms with E-state index in [0.717, 1.165) is 34.0 Å². The Labute approximate surface area is 323 Å². The summed E-state index contributed by atoms with van der Waals surface area (Å²) in [7, 11) is 0. The number of aromatic nitrogens is 1. The lowest BCUT2D eigenvalue weighted by atomic mass is 9.54. The molecule has 292 valence electrons. The van der Waals surface area contributed by atoms with E-state index < -0.39 is 47.4 Å². The van der Waals surface area contributed by atoms with Crippen LogP contribution in [0, 0.1) is 29.1 Å². The second-order valence-corrected chi connectivity index (χ2v) is 16.2. The molecule has 0 saturated carbocycles. The van der Waals surface area contributed by atoms with E-state index >= 15 is 4.79 Å². The van der Waals surface area contributed by atoms with Crippen molar-refractivity contribution < 1.29 is 29.4 Å². The molecule has 11 heteroatoms. The fourth-order valence-corrected chi connectivity index (χ4v) is 8.95. The van der Waals surface area contributed by atoms with Gasteiger partial charge in [-0.1, -0.05) is 74.4 Å². The molecule has 3 amide bonds. The van der Waals surface area contributed by atoms with Gasteiger partial charge in [0.15, 0.2) is 5.78 Å². The SMILES string of the molecule is CC1=C[C@@H]2/C=C(/C)CCC(O)C(O)C(Nc3ccccc3C(=O)N[C@H](C)C(=O)N/C=C/c3c[nH]c4ccccc34)CC(=O)[C@]23C(=O)N[C@@H](CC(C)C)[C@@H]3[C@@H]1C. The van der Waals surface area contributed by atoms with Crippen LogP contribution >= 0.6 is 0 Å². The van der Waals surface area contributed by atoms with Gasteiger partial charge in [0, 0.05) is 58.8 Å². The van der Waals surface area contributed by atoms with Crippen molar-refractivity contribution in [2.45, 2.75) is 97.6 Å². The topological polar surface area (TPSA) is 173 Å². The summed E-state index contributed by atoms with van der Waals surface area (Å²) < 4.78 is 0. The van der Waals surface area contributed by atoms with Gasteiger partial charge in [-0.2, -0.15) is 0 Å². The first-order valence-electron chi connectivity index (χ1n) is 19.5. The van der Waals surface area contributed by atoms with Crippen molar-refractivity contribution in [1.29, 1.82) is 0 Å². The van der Waals surface area contributed by atoms with E-state index in [9.17, 15) is 24.6 Å². The summed E-state index contributed by atoms with van der Waals surface area (Å²) in [6.45, 7) is 11.9. The van der Waals surface area contributed by atoms with Gasteiger partial charge in [0.05, 0.1) is 17.7 Å². The fraction of sp³-hybridized carbons (Fsp3) is 0.455. The number of aliphatic hydroxyl groups is 2. The van der Waals surface area contributed by atoms with Crippen LogP contribution in [-0.2, 0) is 14.4 Å². The maximum absolute atomic E-state index is 15.0. The second kappa shape index (κ2) is 16.4. The van der Waals surface area contributed by atoms with Crippen LogP contribution in [0.3, 0.4) is 0 Å². The molecule has 1 spiro atoms. The Bertz CT molecular complexity index is 2030. The molecule has 2 aliphatic carbocycles. The molecule has 1 saturated heterocycles. The number of aromatic amines is 1. The lowest BCUT2D eigenvalue weighted by Gasteiger charge is -2.45. The molecule has 3 aliphatic rings. The van der Waals surface area contributed by atoms with E-state index in [0.29, 0.717) is 12.1 Å². The van der Waals surface area contributed by atoms with Crippen LogP contribution < -0.4 is 21.3 Å². The molecule has 1 fully saturated rings. The molecule has 1 aliphatic heterocycles. The van der Waals surface area contributed by atoms with Crippen molar-refractivity contribution in [2.24, 2.45) is 29.1 Å². The normalized spacial score (nSPS) is 30.0. The van der Waals surface area contributed by atoms with Crippen LogP contribution in [0.15, 0.2) is 84.2 Å². The Hall–Kier alpha value is -5.00. The first-order valence-corrected chi connectivity index (χ1v) is 19.5. The number of aliphatic hydroxyl groups excluding tert-OH is 2. The van der Waals surface area contributed by atoms with Crippen molar-refractivity contribution in [3.63, 3.8) is 0 Å². The largest absolute Gasteiger partial charge is 0.390 e. The van der Waals surface area contributed by atoms with Crippen molar-refractivity contribution >= 4 is 46.2 Å². The van der Waals surface area contributed by atoms with E-state index in [2.05, 4.69) is 60.0 Å². The summed E-state index contributed by atoms with van der Waals surface area (Å²) in [6.07, 6.45) is 7.80. The summed E-state index contributed by atoms with van der Waals surface area (Å²) in [5, 5.41) is 35.9. The van der Waals surface area contributed by atoms with E-state index in [1.165, 1.54) is 6.20 Å². The number of hydrogen-bond acceptors (Lipinski definition) is 7. The number of ketones is 1. The highest BCUT2D eigenvalue weighted by molar-refractivity contribution is 6.10. The molecule has 9 atom stereocenters. The third-order valence-electron chi connectivity index (χ3n) is 11.9. The molecule has 1 aromatic heterocycles. The van der Waals surface area contributed by atoms with E-state index in [4.69, 9.17) is 0 Å². The average molecular weight is 750 g/mol. The number of anilines is 1. The Morgan fingerprint density at radius 3 is 2.51 bits per heavy atom. The predicted octanol–water partition coefficient (Wildman–Crippen LogP) is 5.63. The summed E-state index contributed by atoms with van der Waals surface area (Å²) >= 11 is 0. The van der Waals surface area contributed by atoms with Crippen molar-refractivity contribution in [2.75, 3.05) is 5.32 Å². The van der Waals surface area contributed by atoms with Gasteiger partial charge in [-0.05, 0) is 76.1 Å². The number of carbonyl (C=O) groups is 4. The van der Waals surface area contributed by atoms with Crippen LogP contribution in [0.2, 0.25) is 0 Å². The first-order chi connectivity index (χ1) is 26.2. The Morgan fingerprint density at radius 2 is 1.75 bits per heavy atom. The molecule has 55 heavy (non-hydrogen) atoms. The smallest absolute Gasteiger partial charge is 0.254 e. The highest BCUT2D eigenvalue weighted by Gasteiger charge is 2.65. The number of fused-ring (bicyclic) bond motifs is 1. The van der Waals surface area contributed by atoms with Gasteiger partial charge in [-0.25, -0.2) is 0 Å². The van der Waals surface area contributed by atoms with E-state index in [1.54, 1.807) is 37.3 Å². The average Bonchev–Trinajstić information content (AvgIpc) is 3.69. The lowest BCUT2D eigenvalue weighted by molar-refractivity contribution is -0.146. The minimum atomic E-state index is -1.41. The minimum Gasteiger partial charge on any atom is -0.390 e. The standard InChI is InChI=1S/C44H55N5O6/c1-24(2)19-35-39-27(5)26(4)21-30-20-25(3)15-16-37(50)40(52)36(22-38(51)44(30,39)43(55)49-35)48-34-14-10-8-12-32(34)42(54)47-28(6)41(53)45-18-17-29-23-46-33-13-9-7-11-31(29)33/h7-14,17-18,20-21,23-24,27-28,30,35-37,39-40,46,48,50,52H,15-16,19,22H2,1-6H3,(H,45,53)(H,47,54)(H,49,55)/b18-17+,25-20-/t27-,28-,30+,35+,36?,37?,39+,40?,44-/m1/s1. The lowest BCUT2D eigenvalue weighted by Crippen LogP contribution is -2.54. The molecule has 2 heterocycles. The van der Waals surface area contributed by atoms with Crippen LogP contribution in [0.1, 0.15) is 83.1 Å². The van der Waals surface area contributed by atoms with Gasteiger partial charge >= 0.3 is 0 Å². The molecule has 2 aromatic carbocycles. The zero-order valence-electron chi connectivity index (χ0n) is 32.6. The van der Waals surface area contributed by atoms with Gasteiger partial charge in [0.2, 0.25) is 11.8 Å². The zero-order chi connectivity index (χ0) is 39.6. The molecule has 0 radical (unpaired) electrons. The van der Waals surface area contributed by atoms with Crippen molar-refractivity contribution in [3.8, 4) is 0 Å². The minimum absolute atomic E-state index is 0.0451. The summed E-state index contributed by atoms with van der Waals surface area (Å²) in [5.74, 6) is -2.13. The van der Waals surface area contributed by atoms with Gasteiger partial charge < -0.3 is 36.5 Å². The maximum Gasteiger partial charge on any atom is 0.254 e. The number of nitrogens with one attached hydrogen (secondary N) is 5. The van der Waals surface area contributed by atoms with Crippen LogP contribution in [0.5, 0.6) is 0 Å². The monoisotopic (exact) mass is 749 g/mol. The van der Waals surface area contributed by atoms with Crippen molar-refractivity contribution in [3.05, 3.63) is 95.4 Å². The Kier molecular flexibility index (Phi) is 11.8. The quantitative estimate of drug-likeness (QED) is 0.110. The highest BCUT2D eigenvalue weighted by atomic mass is 16.3. The molecule has 3 aromatic rings. The maximum atomic E-state index is 15.0. The van der Waals surface area contributed by atoms with Gasteiger partial charge in [0.25, 0.3) is 5.91 Å². The van der Waals surface area contributed by atoms with Gasteiger partial charge in [-0.15, -0.1) is 0 Å². The van der Waals surface area contributed by atoms with Crippen LogP contribution in [0.25, 0.3) is 17.0 Å². The number of para-hydroxylation sites is 2. The number of carbonyl (C=O) groups excluding carboxylic acids is 4. The molecule has 6 rings (SSSR count). The summed E-state index contributed by atoms with van der Waals surface area (Å²) in [6, 6.07) is 12.3. The number of allylic oxidation sites excluding steroid dienone is 4. The van der Waals surface area contributed by atoms with Crippen LogP contribution in [0.4, 0.5) is 5.69 Å². The van der Waals surface area contributed by atoms with Crippen LogP contribution in [-0.4, -0.2) is 69.0 Å². The number of Topliss-reactive ketones (excluding diaryl/α,β-unsaturated/α-hetero) is 1. The molecule has 3 unspecified atom stereocenters. The van der Waals surface area contributed by atoms with Gasteiger partial charge in [0.1, 0.15) is 17.6 Å². The summed E-state index contributed by atoms with van der Waals surface area (Å²) in [4.78, 5) is 59.3. The summed E-state index contributed by atoms with van der Waals surface area (Å²) in [5.41, 5.74) is 3.03. The van der Waals surface area contributed by atoms with Gasteiger partial charge in [-0.3, -0.25) is 19.2 Å². The number of amides is 3. The fourth-order valence-electron chi connectivity index (χ4n) is 8.95. The third kappa shape index (κ3) is 7.91. The molecule has 0 bridgehead atoms. The number of benzene rings is 2. The molecule has 7 N–H and O–H groups in total. The number of rotatable bonds is 9. The Balaban J connectivity index is 1.24. The molecule has 11 nitrogen and oxygen atoms in total. The molecular formula is C44H55N5O6. The number of hydrogen-bond donors (Lipinski definition) is 7. The molecular weight excluding hydrogens is 695 g/mol. The highest BCUT2D eigenvalue weighted by Crippen LogP contribution is 2.55. The zero-order valence-corrected chi connectivity index (χ0v) is 32.6. The second-order valence-electron chi connectivity index (χ2n) is 16.2. The Morgan fingerprint density at radius 1 is 1.02 bits per heavy atom. The first kappa shape index (κ1) is 39.7. The third-order valence-corrected chi connectivity index (χ3v) is 11.9. The van der Waals surface area contributed by atoms with E-state index in [1.807, 2.05) is 43.5 Å². The van der Waals surface area contributed by atoms with E-state index in [-0.39, 0.29) is 53.9 Å².